The largest absolute Gasteiger partial charge is 0.352 e. The highest BCUT2D eigenvalue weighted by Crippen LogP contribution is 2.23. The Morgan fingerprint density at radius 3 is 3.00 bits per heavy atom. The van der Waals surface area contributed by atoms with Crippen LogP contribution in [0.3, 0.4) is 0 Å². The van der Waals surface area contributed by atoms with E-state index in [0.29, 0.717) is 12.0 Å². The molecule has 0 radical (unpaired) electrons. The van der Waals surface area contributed by atoms with Crippen molar-refractivity contribution in [1.82, 2.24) is 15.5 Å². The van der Waals surface area contributed by atoms with Gasteiger partial charge in [-0.2, -0.15) is 0 Å². The van der Waals surface area contributed by atoms with Gasteiger partial charge in [-0.05, 0) is 31.0 Å². The molecular weight excluding hydrogens is 224 g/mol. The smallest absolute Gasteiger partial charge is 0.191 e. The first-order valence-corrected chi connectivity index (χ1v) is 6.61. The monoisotopic (exact) mass is 244 g/mol. The lowest BCUT2D eigenvalue weighted by Gasteiger charge is -2.22. The van der Waals surface area contributed by atoms with Crippen LogP contribution in [-0.4, -0.2) is 30.0 Å². The molecule has 0 spiro atoms. The lowest BCUT2D eigenvalue weighted by atomic mass is 10.1. The first-order valence-electron chi connectivity index (χ1n) is 6.61. The van der Waals surface area contributed by atoms with Crippen LogP contribution in [0, 0.1) is 12.3 Å². The van der Waals surface area contributed by atoms with Crippen molar-refractivity contribution < 1.29 is 0 Å². The van der Waals surface area contributed by atoms with Gasteiger partial charge in [-0.25, -0.2) is 0 Å². The van der Waals surface area contributed by atoms with E-state index in [9.17, 15) is 0 Å². The van der Waals surface area contributed by atoms with Crippen molar-refractivity contribution in [1.29, 1.82) is 5.41 Å². The maximum Gasteiger partial charge on any atom is 0.191 e. The van der Waals surface area contributed by atoms with Crippen LogP contribution in [0.1, 0.15) is 23.1 Å². The second-order valence-corrected chi connectivity index (χ2v) is 5.31. The molecule has 18 heavy (non-hydrogen) atoms. The van der Waals surface area contributed by atoms with Crippen molar-refractivity contribution in [3.63, 3.8) is 0 Å². The van der Waals surface area contributed by atoms with Crippen molar-refractivity contribution in [3.8, 4) is 0 Å². The second-order valence-electron chi connectivity index (χ2n) is 5.31. The quantitative estimate of drug-likeness (QED) is 0.514. The highest BCUT2D eigenvalue weighted by atomic mass is 15.3. The topological polar surface area (TPSA) is 51.2 Å². The summed E-state index contributed by atoms with van der Waals surface area (Å²) in [5.74, 6) is 0.567. The Bertz CT molecular complexity index is 463. The molecule has 4 nitrogen and oxygen atoms in total. The van der Waals surface area contributed by atoms with Crippen LogP contribution >= 0.6 is 0 Å². The lowest BCUT2D eigenvalue weighted by Crippen LogP contribution is -2.44. The first kappa shape index (κ1) is 11.5. The summed E-state index contributed by atoms with van der Waals surface area (Å²) in [6.07, 6.45) is 1.11. The molecule has 1 unspecified atom stereocenters. The molecule has 2 heterocycles. The molecule has 96 valence electrons. The van der Waals surface area contributed by atoms with E-state index in [-0.39, 0.29) is 0 Å². The summed E-state index contributed by atoms with van der Waals surface area (Å²) in [5, 5.41) is 14.8. The molecule has 3 N–H and O–H groups in total. The molecule has 0 saturated carbocycles. The SMILES string of the molecule is Cc1ccc2c(c1)CN(C(=N)NC1CCNC1)C2. The van der Waals surface area contributed by atoms with E-state index >= 15 is 0 Å². The normalized spacial score (nSPS) is 22.1. The molecule has 1 saturated heterocycles. The zero-order valence-corrected chi connectivity index (χ0v) is 10.8. The molecule has 1 atom stereocenters. The molecule has 0 aliphatic carbocycles. The number of nitrogens with zero attached hydrogens (tertiary/aromatic N) is 1. The summed E-state index contributed by atoms with van der Waals surface area (Å²) in [5.41, 5.74) is 4.03. The average Bonchev–Trinajstić information content (AvgIpc) is 2.96. The van der Waals surface area contributed by atoms with Gasteiger partial charge in [0.05, 0.1) is 0 Å². The Morgan fingerprint density at radius 1 is 1.39 bits per heavy atom. The number of rotatable bonds is 1. The van der Waals surface area contributed by atoms with E-state index in [1.54, 1.807) is 0 Å². The van der Waals surface area contributed by atoms with Crippen LogP contribution in [0.15, 0.2) is 18.2 Å². The van der Waals surface area contributed by atoms with Gasteiger partial charge < -0.3 is 15.5 Å². The van der Waals surface area contributed by atoms with E-state index < -0.39 is 0 Å². The molecule has 1 fully saturated rings. The van der Waals surface area contributed by atoms with Gasteiger partial charge in [-0.1, -0.05) is 23.8 Å². The van der Waals surface area contributed by atoms with Gasteiger partial charge in [0.1, 0.15) is 0 Å². The van der Waals surface area contributed by atoms with Crippen molar-refractivity contribution in [2.24, 2.45) is 0 Å². The fourth-order valence-electron chi connectivity index (χ4n) is 2.74. The standard InChI is InChI=1S/C14H20N4/c1-10-2-3-11-8-18(9-12(11)6-10)14(15)17-13-4-5-16-7-13/h2-3,6,13,16H,4-5,7-9H2,1H3,(H2,15,17). The summed E-state index contributed by atoms with van der Waals surface area (Å²) in [4.78, 5) is 2.11. The number of hydrogen-bond donors (Lipinski definition) is 3. The summed E-state index contributed by atoms with van der Waals surface area (Å²) in [6.45, 7) is 5.88. The molecule has 0 bridgehead atoms. The fraction of sp³-hybridized carbons (Fsp3) is 0.500. The van der Waals surface area contributed by atoms with Gasteiger partial charge in [0.2, 0.25) is 0 Å². The third kappa shape index (κ3) is 2.20. The predicted molar refractivity (Wildman–Crippen MR) is 72.6 cm³/mol. The van der Waals surface area contributed by atoms with Crippen molar-refractivity contribution in [2.45, 2.75) is 32.5 Å². The molecule has 2 aliphatic heterocycles. The average molecular weight is 244 g/mol. The van der Waals surface area contributed by atoms with Crippen LogP contribution in [0.4, 0.5) is 0 Å². The van der Waals surface area contributed by atoms with Gasteiger partial charge in [-0.15, -0.1) is 0 Å². The zero-order valence-electron chi connectivity index (χ0n) is 10.8. The molecule has 1 aromatic carbocycles. The van der Waals surface area contributed by atoms with Crippen LogP contribution < -0.4 is 10.6 Å². The van der Waals surface area contributed by atoms with Gasteiger partial charge in [-0.3, -0.25) is 5.41 Å². The van der Waals surface area contributed by atoms with Gasteiger partial charge >= 0.3 is 0 Å². The Labute approximate surface area is 108 Å². The number of aryl methyl sites for hydroxylation is 1. The summed E-state index contributed by atoms with van der Waals surface area (Å²) < 4.78 is 0. The zero-order chi connectivity index (χ0) is 12.5. The minimum Gasteiger partial charge on any atom is -0.352 e. The molecule has 0 amide bonds. The Morgan fingerprint density at radius 2 is 2.22 bits per heavy atom. The van der Waals surface area contributed by atoms with Crippen LogP contribution in [-0.2, 0) is 13.1 Å². The maximum atomic E-state index is 8.17. The van der Waals surface area contributed by atoms with E-state index in [1.165, 1.54) is 16.7 Å². The number of fused-ring (bicyclic) bond motifs is 1. The minimum absolute atomic E-state index is 0.419. The highest BCUT2D eigenvalue weighted by molar-refractivity contribution is 5.77. The molecule has 3 rings (SSSR count). The molecule has 2 aliphatic rings. The first-order chi connectivity index (χ1) is 8.72. The minimum atomic E-state index is 0.419. The molecule has 0 aromatic heterocycles. The third-order valence-electron chi connectivity index (χ3n) is 3.80. The Kier molecular flexibility index (Phi) is 2.96. The fourth-order valence-corrected chi connectivity index (χ4v) is 2.74. The van der Waals surface area contributed by atoms with E-state index in [1.807, 2.05) is 0 Å². The third-order valence-corrected chi connectivity index (χ3v) is 3.80. The Balaban J connectivity index is 1.64. The summed E-state index contributed by atoms with van der Waals surface area (Å²) in [6, 6.07) is 7.00. The van der Waals surface area contributed by atoms with E-state index in [0.717, 1.165) is 32.6 Å². The number of nitrogens with one attached hydrogen (secondary N) is 3. The van der Waals surface area contributed by atoms with Crippen molar-refractivity contribution in [3.05, 3.63) is 34.9 Å². The second kappa shape index (κ2) is 4.61. The van der Waals surface area contributed by atoms with Gasteiger partial charge in [0.15, 0.2) is 5.96 Å². The van der Waals surface area contributed by atoms with Crippen LogP contribution in [0.5, 0.6) is 0 Å². The molecule has 4 heteroatoms. The van der Waals surface area contributed by atoms with E-state index in [4.69, 9.17) is 5.41 Å². The maximum absolute atomic E-state index is 8.17. The predicted octanol–water partition coefficient (Wildman–Crippen LogP) is 1.20. The van der Waals surface area contributed by atoms with Crippen molar-refractivity contribution >= 4 is 5.96 Å². The molecule has 1 aromatic rings. The number of guanidine groups is 1. The number of benzene rings is 1. The summed E-state index contributed by atoms with van der Waals surface area (Å²) in [7, 11) is 0. The van der Waals surface area contributed by atoms with Gasteiger partial charge in [0.25, 0.3) is 0 Å². The van der Waals surface area contributed by atoms with Gasteiger partial charge in [0, 0.05) is 25.7 Å². The van der Waals surface area contributed by atoms with Crippen LogP contribution in [0.2, 0.25) is 0 Å². The highest BCUT2D eigenvalue weighted by Gasteiger charge is 2.23. The lowest BCUT2D eigenvalue weighted by molar-refractivity contribution is 0.415. The van der Waals surface area contributed by atoms with E-state index in [2.05, 4.69) is 40.7 Å². The Hall–Kier alpha value is -1.55. The summed E-state index contributed by atoms with van der Waals surface area (Å²) >= 11 is 0. The van der Waals surface area contributed by atoms with Crippen LogP contribution in [0.25, 0.3) is 0 Å². The van der Waals surface area contributed by atoms with Crippen molar-refractivity contribution in [2.75, 3.05) is 13.1 Å². The molecular formula is C14H20N4. The number of hydrogen-bond acceptors (Lipinski definition) is 2.